The maximum Gasteiger partial charge on any atom is 0.408 e. The van der Waals surface area contributed by atoms with Crippen LogP contribution in [0, 0.1) is 6.92 Å². The topological polar surface area (TPSA) is 157 Å². The number of rotatable bonds is 15. The van der Waals surface area contributed by atoms with Crippen molar-refractivity contribution in [3.05, 3.63) is 35.4 Å². The number of alkyl carbamates (subject to hydrolysis) is 1. The fraction of sp³-hybridized carbons (Fsp3) is 0.607. The molecule has 0 heterocycles. The van der Waals surface area contributed by atoms with Crippen molar-refractivity contribution in [1.82, 2.24) is 15.5 Å². The number of carbonyl (C=O) groups is 5. The summed E-state index contributed by atoms with van der Waals surface area (Å²) >= 11 is 0. The molecule has 1 aromatic carbocycles. The summed E-state index contributed by atoms with van der Waals surface area (Å²) < 4.78 is 10.2. The summed E-state index contributed by atoms with van der Waals surface area (Å²) in [7, 11) is 0. The van der Waals surface area contributed by atoms with Crippen molar-refractivity contribution < 1.29 is 33.4 Å². The van der Waals surface area contributed by atoms with Gasteiger partial charge in [-0.1, -0.05) is 44.0 Å². The highest BCUT2D eigenvalue weighted by Crippen LogP contribution is 2.26. The molecule has 4 amide bonds. The molecule has 0 spiro atoms. The third-order valence-electron chi connectivity index (χ3n) is 5.66. The highest BCUT2D eigenvalue weighted by molar-refractivity contribution is 5.94. The van der Waals surface area contributed by atoms with Crippen LogP contribution in [0.1, 0.15) is 83.9 Å². The zero-order valence-electron chi connectivity index (χ0n) is 24.0. The molecule has 218 valence electrons. The van der Waals surface area contributed by atoms with Gasteiger partial charge in [-0.3, -0.25) is 19.2 Å². The molecule has 2 unspecified atom stereocenters. The van der Waals surface area contributed by atoms with Crippen LogP contribution in [-0.4, -0.2) is 66.0 Å². The Labute approximate surface area is 231 Å². The van der Waals surface area contributed by atoms with E-state index in [-0.39, 0.29) is 26.1 Å². The number of carbonyl (C=O) groups excluding carboxylic acids is 5. The number of amides is 4. The zero-order chi connectivity index (χ0) is 29.6. The summed E-state index contributed by atoms with van der Waals surface area (Å²) in [5.41, 5.74) is 5.92. The number of hydrogen-bond donors (Lipinski definition) is 3. The minimum absolute atomic E-state index is 0.0118. The maximum absolute atomic E-state index is 14.0. The van der Waals surface area contributed by atoms with Crippen molar-refractivity contribution in [1.29, 1.82) is 0 Å². The van der Waals surface area contributed by atoms with E-state index in [0.717, 1.165) is 18.4 Å². The fourth-order valence-electron chi connectivity index (χ4n) is 3.91. The van der Waals surface area contributed by atoms with Gasteiger partial charge in [0.1, 0.15) is 17.7 Å². The lowest BCUT2D eigenvalue weighted by Crippen LogP contribution is -2.54. The standard InChI is InChI=1S/C28H44N4O7/c1-7-9-12-17-32(26(36)21(18-22(29)33)31-27(37)39-28(4,5)6)24(20-14-11-10-13-19(20)3)25(35)30-16-15-23(34)38-8-2/h10-11,13-14,21,24H,7-9,12,15-18H2,1-6H3,(H2,29,33)(H,30,35)(H,31,37). The first kappa shape index (κ1) is 33.4. The lowest BCUT2D eigenvalue weighted by molar-refractivity contribution is -0.144. The first-order valence-corrected chi connectivity index (χ1v) is 13.4. The minimum Gasteiger partial charge on any atom is -0.466 e. The predicted molar refractivity (Wildman–Crippen MR) is 146 cm³/mol. The molecule has 0 aliphatic carbocycles. The molecular weight excluding hydrogens is 504 g/mol. The van der Waals surface area contributed by atoms with Gasteiger partial charge in [-0.2, -0.15) is 0 Å². The average molecular weight is 549 g/mol. The van der Waals surface area contributed by atoms with Crippen molar-refractivity contribution in [2.45, 2.75) is 91.3 Å². The van der Waals surface area contributed by atoms with Gasteiger partial charge in [0.15, 0.2) is 0 Å². The molecule has 0 aliphatic rings. The normalized spacial score (nSPS) is 12.6. The Hall–Kier alpha value is -3.63. The third-order valence-corrected chi connectivity index (χ3v) is 5.66. The average Bonchev–Trinajstić information content (AvgIpc) is 2.82. The van der Waals surface area contributed by atoms with Gasteiger partial charge in [0, 0.05) is 13.1 Å². The molecular formula is C28H44N4O7. The monoisotopic (exact) mass is 548 g/mol. The lowest BCUT2D eigenvalue weighted by Gasteiger charge is -2.35. The first-order valence-electron chi connectivity index (χ1n) is 13.4. The second kappa shape index (κ2) is 16.4. The summed E-state index contributed by atoms with van der Waals surface area (Å²) in [6.07, 6.45) is 0.832. The molecule has 11 heteroatoms. The van der Waals surface area contributed by atoms with E-state index in [1.54, 1.807) is 39.8 Å². The lowest BCUT2D eigenvalue weighted by atomic mass is 9.97. The Kier molecular flexibility index (Phi) is 14.0. The van der Waals surface area contributed by atoms with Gasteiger partial charge in [-0.05, 0) is 52.2 Å². The van der Waals surface area contributed by atoms with Crippen LogP contribution >= 0.6 is 0 Å². The van der Waals surface area contributed by atoms with Gasteiger partial charge in [0.05, 0.1) is 19.4 Å². The number of primary amides is 1. The van der Waals surface area contributed by atoms with Crippen LogP contribution < -0.4 is 16.4 Å². The molecule has 0 bridgehead atoms. The van der Waals surface area contributed by atoms with E-state index in [2.05, 4.69) is 10.6 Å². The number of esters is 1. The van der Waals surface area contributed by atoms with Crippen molar-refractivity contribution >= 4 is 29.8 Å². The van der Waals surface area contributed by atoms with Crippen LogP contribution in [0.2, 0.25) is 0 Å². The molecule has 1 aromatic rings. The Balaban J connectivity index is 3.44. The number of ether oxygens (including phenoxy) is 2. The van der Waals surface area contributed by atoms with Crippen molar-refractivity contribution in [3.63, 3.8) is 0 Å². The van der Waals surface area contributed by atoms with E-state index in [1.165, 1.54) is 4.90 Å². The summed E-state index contributed by atoms with van der Waals surface area (Å²) in [4.78, 5) is 65.2. The van der Waals surface area contributed by atoms with Crippen LogP contribution in [0.25, 0.3) is 0 Å². The Morgan fingerprint density at radius 3 is 2.28 bits per heavy atom. The van der Waals surface area contributed by atoms with E-state index >= 15 is 0 Å². The zero-order valence-corrected chi connectivity index (χ0v) is 24.0. The third kappa shape index (κ3) is 12.2. The van der Waals surface area contributed by atoms with Crippen LogP contribution in [0.15, 0.2) is 24.3 Å². The number of nitrogens with one attached hydrogen (secondary N) is 2. The molecule has 11 nitrogen and oxygen atoms in total. The van der Waals surface area contributed by atoms with E-state index < -0.39 is 53.9 Å². The molecule has 0 saturated carbocycles. The SMILES string of the molecule is CCCCCN(C(=O)C(CC(N)=O)NC(=O)OC(C)(C)C)C(C(=O)NCCC(=O)OCC)c1ccccc1C. The summed E-state index contributed by atoms with van der Waals surface area (Å²) in [6.45, 7) is 11.0. The second-order valence-corrected chi connectivity index (χ2v) is 10.2. The van der Waals surface area contributed by atoms with Crippen LogP contribution in [0.4, 0.5) is 4.79 Å². The molecule has 0 aliphatic heterocycles. The van der Waals surface area contributed by atoms with E-state index in [0.29, 0.717) is 12.0 Å². The number of unbranched alkanes of at least 4 members (excludes halogenated alkanes) is 2. The van der Waals surface area contributed by atoms with Gasteiger partial charge >= 0.3 is 12.1 Å². The number of aryl methyl sites for hydroxylation is 1. The van der Waals surface area contributed by atoms with Gasteiger partial charge in [-0.15, -0.1) is 0 Å². The van der Waals surface area contributed by atoms with Gasteiger partial charge < -0.3 is 30.7 Å². The molecule has 0 aromatic heterocycles. The van der Waals surface area contributed by atoms with Crippen molar-refractivity contribution in [3.8, 4) is 0 Å². The number of nitrogens with zero attached hydrogens (tertiary/aromatic N) is 1. The Bertz CT molecular complexity index is 990. The largest absolute Gasteiger partial charge is 0.466 e. The Morgan fingerprint density at radius 2 is 1.72 bits per heavy atom. The molecule has 4 N–H and O–H groups in total. The van der Waals surface area contributed by atoms with Gasteiger partial charge in [-0.25, -0.2) is 4.79 Å². The molecule has 2 atom stereocenters. The fourth-order valence-corrected chi connectivity index (χ4v) is 3.91. The predicted octanol–water partition coefficient (Wildman–Crippen LogP) is 2.89. The minimum atomic E-state index is -1.35. The molecule has 0 fully saturated rings. The summed E-state index contributed by atoms with van der Waals surface area (Å²) in [5, 5.41) is 5.20. The molecule has 0 radical (unpaired) electrons. The van der Waals surface area contributed by atoms with E-state index in [9.17, 15) is 24.0 Å². The highest BCUT2D eigenvalue weighted by atomic mass is 16.6. The number of nitrogens with two attached hydrogens (primary N) is 1. The maximum atomic E-state index is 14.0. The highest BCUT2D eigenvalue weighted by Gasteiger charge is 2.37. The second-order valence-electron chi connectivity index (χ2n) is 10.2. The molecule has 0 saturated heterocycles. The van der Waals surface area contributed by atoms with E-state index in [4.69, 9.17) is 15.2 Å². The Morgan fingerprint density at radius 1 is 1.05 bits per heavy atom. The first-order chi connectivity index (χ1) is 18.3. The number of hydrogen-bond acceptors (Lipinski definition) is 7. The number of benzene rings is 1. The van der Waals surface area contributed by atoms with Crippen LogP contribution in [-0.2, 0) is 28.7 Å². The quantitative estimate of drug-likeness (QED) is 0.225. The smallest absolute Gasteiger partial charge is 0.408 e. The van der Waals surface area contributed by atoms with Crippen molar-refractivity contribution in [2.24, 2.45) is 5.73 Å². The summed E-state index contributed by atoms with van der Waals surface area (Å²) in [5.74, 6) is -2.41. The molecule has 39 heavy (non-hydrogen) atoms. The van der Waals surface area contributed by atoms with Crippen LogP contribution in [0.3, 0.4) is 0 Å². The van der Waals surface area contributed by atoms with Gasteiger partial charge in [0.25, 0.3) is 0 Å². The van der Waals surface area contributed by atoms with E-state index in [1.807, 2.05) is 26.0 Å². The van der Waals surface area contributed by atoms with Crippen LogP contribution in [0.5, 0.6) is 0 Å². The van der Waals surface area contributed by atoms with Gasteiger partial charge in [0.2, 0.25) is 17.7 Å². The summed E-state index contributed by atoms with van der Waals surface area (Å²) in [6, 6.07) is 4.71. The molecule has 1 rings (SSSR count). The van der Waals surface area contributed by atoms with Crippen molar-refractivity contribution in [2.75, 3.05) is 19.7 Å².